The lowest BCUT2D eigenvalue weighted by Crippen LogP contribution is -2.26. The van der Waals surface area contributed by atoms with E-state index in [1.54, 1.807) is 11.9 Å². The molecule has 0 aliphatic carbocycles. The van der Waals surface area contributed by atoms with Gasteiger partial charge in [0.05, 0.1) is 6.54 Å². The number of aryl methyl sites for hydroxylation is 1. The number of nitrogens with zero attached hydrogens (tertiary/aromatic N) is 3. The van der Waals surface area contributed by atoms with Gasteiger partial charge >= 0.3 is 0 Å². The van der Waals surface area contributed by atoms with Gasteiger partial charge in [-0.3, -0.25) is 4.79 Å². The van der Waals surface area contributed by atoms with E-state index in [1.165, 1.54) is 0 Å². The molecule has 0 aliphatic rings. The summed E-state index contributed by atoms with van der Waals surface area (Å²) >= 11 is 0. The van der Waals surface area contributed by atoms with Crippen molar-refractivity contribution < 1.29 is 9.32 Å². The quantitative estimate of drug-likeness (QED) is 0.858. The number of carbonyl (C=O) groups is 1. The highest BCUT2D eigenvalue weighted by Crippen LogP contribution is 2.14. The van der Waals surface area contributed by atoms with Crippen LogP contribution in [-0.4, -0.2) is 37.1 Å². The van der Waals surface area contributed by atoms with Crippen LogP contribution in [0, 0.1) is 6.92 Å². The Bertz CT molecular complexity index is 587. The lowest BCUT2D eigenvalue weighted by atomic mass is 10.1. The van der Waals surface area contributed by atoms with Gasteiger partial charge in [0.2, 0.25) is 0 Å². The molecule has 0 N–H and O–H groups in total. The molecular weight excluding hydrogens is 254 g/mol. The van der Waals surface area contributed by atoms with Gasteiger partial charge in [-0.15, -0.1) is 0 Å². The second-order valence-corrected chi connectivity index (χ2v) is 5.03. The van der Waals surface area contributed by atoms with Crippen LogP contribution in [0.3, 0.4) is 0 Å². The minimum absolute atomic E-state index is 0.0315. The van der Waals surface area contributed by atoms with Crippen molar-refractivity contribution in [2.24, 2.45) is 0 Å². The molecule has 1 aromatic carbocycles. The maximum atomic E-state index is 12.3. The minimum atomic E-state index is -0.0315. The van der Waals surface area contributed by atoms with Crippen molar-refractivity contribution in [1.82, 2.24) is 10.1 Å². The van der Waals surface area contributed by atoms with Crippen molar-refractivity contribution in [1.29, 1.82) is 0 Å². The predicted octanol–water partition coefficient (Wildman–Crippen LogP) is 2.32. The van der Waals surface area contributed by atoms with Crippen LogP contribution in [0.1, 0.15) is 21.8 Å². The van der Waals surface area contributed by atoms with Crippen LogP contribution in [0.4, 0.5) is 5.69 Å². The van der Waals surface area contributed by atoms with E-state index >= 15 is 0 Å². The van der Waals surface area contributed by atoms with Gasteiger partial charge in [-0.05, 0) is 31.2 Å². The highest BCUT2D eigenvalue weighted by molar-refractivity contribution is 5.94. The molecule has 0 unspecified atom stereocenters. The Morgan fingerprint density at radius 1 is 1.20 bits per heavy atom. The van der Waals surface area contributed by atoms with Gasteiger partial charge in [0, 0.05) is 38.5 Å². The molecule has 1 aromatic heterocycles. The Morgan fingerprint density at radius 3 is 2.35 bits per heavy atom. The van der Waals surface area contributed by atoms with Crippen molar-refractivity contribution in [3.63, 3.8) is 0 Å². The number of amides is 1. The summed E-state index contributed by atoms with van der Waals surface area (Å²) < 4.78 is 5.00. The summed E-state index contributed by atoms with van der Waals surface area (Å²) in [6, 6.07) is 9.37. The van der Waals surface area contributed by atoms with Crippen molar-refractivity contribution >= 4 is 11.6 Å². The Kier molecular flexibility index (Phi) is 4.08. The van der Waals surface area contributed by atoms with Crippen LogP contribution >= 0.6 is 0 Å². The summed E-state index contributed by atoms with van der Waals surface area (Å²) in [6.45, 7) is 2.27. The van der Waals surface area contributed by atoms with Gasteiger partial charge in [-0.2, -0.15) is 0 Å². The molecule has 5 heteroatoms. The third-order valence-electron chi connectivity index (χ3n) is 3.05. The highest BCUT2D eigenvalue weighted by atomic mass is 16.5. The summed E-state index contributed by atoms with van der Waals surface area (Å²) in [4.78, 5) is 15.9. The van der Waals surface area contributed by atoms with E-state index in [0.29, 0.717) is 12.1 Å². The average molecular weight is 273 g/mol. The molecule has 0 bridgehead atoms. The monoisotopic (exact) mass is 273 g/mol. The summed E-state index contributed by atoms with van der Waals surface area (Å²) in [7, 11) is 5.69. The molecule has 0 aliphatic heterocycles. The van der Waals surface area contributed by atoms with E-state index < -0.39 is 0 Å². The van der Waals surface area contributed by atoms with Crippen LogP contribution in [-0.2, 0) is 6.54 Å². The maximum absolute atomic E-state index is 12.3. The van der Waals surface area contributed by atoms with Crippen molar-refractivity contribution in [2.45, 2.75) is 13.5 Å². The molecule has 0 saturated carbocycles. The van der Waals surface area contributed by atoms with Crippen LogP contribution < -0.4 is 4.90 Å². The normalized spacial score (nSPS) is 10.4. The zero-order valence-corrected chi connectivity index (χ0v) is 12.3. The highest BCUT2D eigenvalue weighted by Gasteiger charge is 2.13. The van der Waals surface area contributed by atoms with Crippen LogP contribution in [0.15, 0.2) is 34.9 Å². The summed E-state index contributed by atoms with van der Waals surface area (Å²) in [5.41, 5.74) is 2.48. The number of anilines is 1. The van der Waals surface area contributed by atoms with Gasteiger partial charge in [-0.1, -0.05) is 5.16 Å². The second-order valence-electron chi connectivity index (χ2n) is 5.03. The molecular formula is C15H19N3O2. The molecule has 2 rings (SSSR count). The number of carbonyl (C=O) groups excluding carboxylic acids is 1. The van der Waals surface area contributed by atoms with E-state index in [0.717, 1.165) is 17.1 Å². The second kappa shape index (κ2) is 5.77. The fraction of sp³-hybridized carbons (Fsp3) is 0.333. The standard InChI is InChI=1S/C15H19N3O2/c1-11-9-13(16-20-11)10-18(4)15(19)12-5-7-14(8-6-12)17(2)3/h5-9H,10H2,1-4H3. The van der Waals surface area contributed by atoms with Crippen molar-refractivity contribution in [2.75, 3.05) is 26.0 Å². The predicted molar refractivity (Wildman–Crippen MR) is 77.8 cm³/mol. The van der Waals surface area contributed by atoms with Gasteiger partial charge < -0.3 is 14.3 Å². The number of hydrogen-bond acceptors (Lipinski definition) is 4. The fourth-order valence-electron chi connectivity index (χ4n) is 1.93. The Balaban J connectivity index is 2.06. The van der Waals surface area contributed by atoms with E-state index in [-0.39, 0.29) is 5.91 Å². The average Bonchev–Trinajstić information content (AvgIpc) is 2.83. The van der Waals surface area contributed by atoms with Gasteiger partial charge in [0.1, 0.15) is 11.5 Å². The first-order valence-corrected chi connectivity index (χ1v) is 6.42. The SMILES string of the molecule is Cc1cc(CN(C)C(=O)c2ccc(N(C)C)cc2)no1. The topological polar surface area (TPSA) is 49.6 Å². The molecule has 1 amide bonds. The lowest BCUT2D eigenvalue weighted by molar-refractivity contribution is 0.0782. The van der Waals surface area contributed by atoms with Gasteiger partial charge in [-0.25, -0.2) is 0 Å². The Morgan fingerprint density at radius 2 is 1.85 bits per heavy atom. The zero-order chi connectivity index (χ0) is 14.7. The molecule has 1 heterocycles. The van der Waals surface area contributed by atoms with Crippen molar-refractivity contribution in [3.8, 4) is 0 Å². The first-order chi connectivity index (χ1) is 9.47. The molecule has 0 radical (unpaired) electrons. The Labute approximate surface area is 118 Å². The molecule has 0 saturated heterocycles. The minimum Gasteiger partial charge on any atom is -0.378 e. The third-order valence-corrected chi connectivity index (χ3v) is 3.05. The van der Waals surface area contributed by atoms with E-state index in [9.17, 15) is 4.79 Å². The van der Waals surface area contributed by atoms with Crippen LogP contribution in [0.2, 0.25) is 0 Å². The zero-order valence-electron chi connectivity index (χ0n) is 12.3. The molecule has 106 valence electrons. The summed E-state index contributed by atoms with van der Waals surface area (Å²) in [5.74, 6) is 0.715. The number of aromatic nitrogens is 1. The van der Waals surface area contributed by atoms with Crippen molar-refractivity contribution in [3.05, 3.63) is 47.3 Å². The number of rotatable bonds is 4. The molecule has 5 nitrogen and oxygen atoms in total. The first-order valence-electron chi connectivity index (χ1n) is 6.42. The maximum Gasteiger partial charge on any atom is 0.253 e. The molecule has 0 spiro atoms. The van der Waals surface area contributed by atoms with Gasteiger partial charge in [0.25, 0.3) is 5.91 Å². The number of hydrogen-bond donors (Lipinski definition) is 0. The Hall–Kier alpha value is -2.30. The largest absolute Gasteiger partial charge is 0.378 e. The first kappa shape index (κ1) is 14.1. The van der Waals surface area contributed by atoms with E-state index in [1.807, 2.05) is 56.3 Å². The van der Waals surface area contributed by atoms with Crippen LogP contribution in [0.5, 0.6) is 0 Å². The molecule has 0 atom stereocenters. The van der Waals surface area contributed by atoms with E-state index in [4.69, 9.17) is 4.52 Å². The smallest absolute Gasteiger partial charge is 0.253 e. The summed E-state index contributed by atoms with van der Waals surface area (Å²) in [6.07, 6.45) is 0. The number of benzene rings is 1. The third kappa shape index (κ3) is 3.17. The van der Waals surface area contributed by atoms with Crippen LogP contribution in [0.25, 0.3) is 0 Å². The molecule has 0 fully saturated rings. The lowest BCUT2D eigenvalue weighted by Gasteiger charge is -2.17. The fourth-order valence-corrected chi connectivity index (χ4v) is 1.93. The molecule has 2 aromatic rings. The van der Waals surface area contributed by atoms with Gasteiger partial charge in [0.15, 0.2) is 0 Å². The summed E-state index contributed by atoms with van der Waals surface area (Å²) in [5, 5.41) is 3.89. The van der Waals surface area contributed by atoms with E-state index in [2.05, 4.69) is 5.16 Å². The molecule has 20 heavy (non-hydrogen) atoms.